The van der Waals surface area contributed by atoms with Crippen molar-refractivity contribution in [2.24, 2.45) is 5.92 Å². The fourth-order valence-electron chi connectivity index (χ4n) is 5.42. The van der Waals surface area contributed by atoms with E-state index in [2.05, 4.69) is 10.6 Å². The number of phenolic OH excluding ortho intramolecular Hbond substituents is 1. The average Bonchev–Trinajstić information content (AvgIpc) is 2.93. The molecule has 0 amide bonds. The van der Waals surface area contributed by atoms with Gasteiger partial charge < -0.3 is 26.0 Å². The van der Waals surface area contributed by atoms with Crippen LogP contribution in [0.25, 0.3) is 5.57 Å². The number of phenols is 1. The Hall–Kier alpha value is -4.10. The number of ketones is 1. The highest BCUT2D eigenvalue weighted by Crippen LogP contribution is 2.44. The molecule has 45 heavy (non-hydrogen) atoms. The van der Waals surface area contributed by atoms with Gasteiger partial charge in [0.1, 0.15) is 10.6 Å². The molecule has 11 nitrogen and oxygen atoms in total. The number of aliphatic carboxylic acids is 2. The number of carboxylic acid groups (broad SMARTS) is 2. The van der Waals surface area contributed by atoms with Gasteiger partial charge in [0.25, 0.3) is 10.1 Å². The Labute approximate surface area is 263 Å². The highest BCUT2D eigenvalue weighted by molar-refractivity contribution is 7.86. The second kappa shape index (κ2) is 14.3. The zero-order valence-corrected chi connectivity index (χ0v) is 27.0. The van der Waals surface area contributed by atoms with Crippen LogP contribution in [0.3, 0.4) is 0 Å². The Balaban J connectivity index is 2.57. The number of hydrogen-bond donors (Lipinski definition) is 6. The van der Waals surface area contributed by atoms with E-state index in [0.29, 0.717) is 50.1 Å². The van der Waals surface area contributed by atoms with Gasteiger partial charge in [-0.05, 0) is 77.3 Å². The molecule has 0 bridgehead atoms. The monoisotopic (exact) mass is 640 g/mol. The fourth-order valence-corrected chi connectivity index (χ4v) is 6.12. The first-order valence-electron chi connectivity index (χ1n) is 14.5. The van der Waals surface area contributed by atoms with Crippen LogP contribution in [0.5, 0.6) is 5.75 Å². The molecule has 0 unspecified atom stereocenters. The number of rotatable bonds is 13. The summed E-state index contributed by atoms with van der Waals surface area (Å²) in [6, 6.07) is 7.66. The van der Waals surface area contributed by atoms with Crippen LogP contribution in [-0.4, -0.2) is 65.6 Å². The van der Waals surface area contributed by atoms with Crippen molar-refractivity contribution in [3.8, 4) is 5.75 Å². The smallest absolute Gasteiger partial charge is 0.317 e. The maximum Gasteiger partial charge on any atom is 0.317 e. The van der Waals surface area contributed by atoms with Gasteiger partial charge in [-0.2, -0.15) is 8.42 Å². The lowest BCUT2D eigenvalue weighted by atomic mass is 9.77. The molecule has 0 saturated heterocycles. The number of carbonyl (C=O) groups is 3. The van der Waals surface area contributed by atoms with Crippen LogP contribution in [0.15, 0.2) is 63.6 Å². The van der Waals surface area contributed by atoms with Crippen LogP contribution >= 0.6 is 0 Å². The lowest BCUT2D eigenvalue weighted by molar-refractivity contribution is -0.137. The Morgan fingerprint density at radius 3 is 2.00 bits per heavy atom. The van der Waals surface area contributed by atoms with E-state index in [1.54, 1.807) is 38.1 Å². The van der Waals surface area contributed by atoms with E-state index in [0.717, 1.165) is 0 Å². The number of carbonyl (C=O) groups excluding carboxylic acids is 1. The highest BCUT2D eigenvalue weighted by atomic mass is 32.2. The van der Waals surface area contributed by atoms with Crippen LogP contribution in [0.1, 0.15) is 68.4 Å². The van der Waals surface area contributed by atoms with Crippen molar-refractivity contribution < 1.29 is 42.7 Å². The second-order valence-corrected chi connectivity index (χ2v) is 13.0. The van der Waals surface area contributed by atoms with Crippen molar-refractivity contribution in [3.63, 3.8) is 0 Å². The molecule has 6 N–H and O–H groups in total. The minimum atomic E-state index is -4.74. The zero-order chi connectivity index (χ0) is 33.8. The van der Waals surface area contributed by atoms with Gasteiger partial charge >= 0.3 is 11.9 Å². The first kappa shape index (κ1) is 35.4. The molecule has 1 aliphatic rings. The molecular formula is C33H40N2O9S. The van der Waals surface area contributed by atoms with Crippen LogP contribution < -0.4 is 10.6 Å². The molecule has 0 atom stereocenters. The molecule has 0 radical (unpaired) electrons. The second-order valence-electron chi connectivity index (χ2n) is 11.6. The van der Waals surface area contributed by atoms with Crippen LogP contribution in [-0.2, 0) is 31.0 Å². The standard InChI is InChI=1S/C33H40N2O9S/c1-17(2)22-11-24(19(5)26(32(22)40)13-34-15-29(36)37)31(21-9-7-8-10-28(21)45(42,43)44)25-12-23(18(3)4)33(41)27(20(25)6)14-35-16-30(38)39/h7-12,17-18,34-35,40H,13-16H2,1-6H3,(H,36,37)(H,38,39)(H,42,43,44)/b31-25-. The van der Waals surface area contributed by atoms with Gasteiger partial charge in [0.2, 0.25) is 0 Å². The molecule has 3 rings (SSSR count). The number of hydrogen-bond acceptors (Lipinski definition) is 8. The van der Waals surface area contributed by atoms with Gasteiger partial charge in [0, 0.05) is 35.4 Å². The predicted octanol–water partition coefficient (Wildman–Crippen LogP) is 4.20. The first-order chi connectivity index (χ1) is 21.0. The van der Waals surface area contributed by atoms with Crippen molar-refractivity contribution in [1.29, 1.82) is 0 Å². The van der Waals surface area contributed by atoms with E-state index in [1.165, 1.54) is 12.1 Å². The molecule has 0 saturated carbocycles. The topological polar surface area (TPSA) is 190 Å². The molecule has 242 valence electrons. The van der Waals surface area contributed by atoms with Crippen molar-refractivity contribution in [3.05, 3.63) is 86.5 Å². The summed E-state index contributed by atoms with van der Waals surface area (Å²) in [5.74, 6) is -2.93. The molecule has 0 aliphatic heterocycles. The van der Waals surface area contributed by atoms with E-state index in [1.807, 2.05) is 27.7 Å². The molecule has 0 spiro atoms. The number of aromatic hydroxyl groups is 1. The Morgan fingerprint density at radius 2 is 1.47 bits per heavy atom. The van der Waals surface area contributed by atoms with Gasteiger partial charge in [-0.1, -0.05) is 45.9 Å². The first-order valence-corrected chi connectivity index (χ1v) is 15.9. The van der Waals surface area contributed by atoms with Gasteiger partial charge in [-0.25, -0.2) is 0 Å². The van der Waals surface area contributed by atoms with E-state index < -0.39 is 22.1 Å². The number of allylic oxidation sites excluding steroid dienone is 4. The minimum absolute atomic E-state index is 0.00909. The number of benzene rings is 2. The fraction of sp³-hybridized carbons (Fsp3) is 0.364. The Bertz CT molecular complexity index is 1730. The average molecular weight is 641 g/mol. The molecule has 0 aromatic heterocycles. The number of nitrogens with one attached hydrogen (secondary N) is 2. The van der Waals surface area contributed by atoms with Gasteiger partial charge in [0.15, 0.2) is 5.78 Å². The molecule has 12 heteroatoms. The van der Waals surface area contributed by atoms with E-state index in [4.69, 9.17) is 0 Å². The quantitative estimate of drug-likeness (QED) is 0.172. The lowest BCUT2D eigenvalue weighted by Gasteiger charge is -2.28. The maximum atomic E-state index is 13.6. The summed E-state index contributed by atoms with van der Waals surface area (Å²) in [5, 5.41) is 35.3. The van der Waals surface area contributed by atoms with E-state index in [-0.39, 0.29) is 60.0 Å². The number of carboxylic acids is 2. The summed E-state index contributed by atoms with van der Waals surface area (Å²) in [5.41, 5.74) is 4.16. The van der Waals surface area contributed by atoms with Crippen molar-refractivity contribution in [1.82, 2.24) is 10.6 Å². The highest BCUT2D eigenvalue weighted by Gasteiger charge is 2.31. The van der Waals surface area contributed by atoms with Crippen LogP contribution in [0.2, 0.25) is 0 Å². The third kappa shape index (κ3) is 7.95. The summed E-state index contributed by atoms with van der Waals surface area (Å²) < 4.78 is 35.7. The maximum absolute atomic E-state index is 13.6. The van der Waals surface area contributed by atoms with Crippen molar-refractivity contribution >= 4 is 33.4 Å². The van der Waals surface area contributed by atoms with Crippen LogP contribution in [0.4, 0.5) is 0 Å². The van der Waals surface area contributed by atoms with E-state index in [9.17, 15) is 42.7 Å². The minimum Gasteiger partial charge on any atom is -0.507 e. The summed E-state index contributed by atoms with van der Waals surface area (Å²) in [4.78, 5) is 35.7. The summed E-state index contributed by atoms with van der Waals surface area (Å²) in [6.45, 7) is 10.0. The Morgan fingerprint density at radius 1 is 0.889 bits per heavy atom. The van der Waals surface area contributed by atoms with Gasteiger partial charge in [-0.3, -0.25) is 18.9 Å². The van der Waals surface area contributed by atoms with Gasteiger partial charge in [0.05, 0.1) is 13.1 Å². The molecule has 1 aliphatic carbocycles. The molecule has 2 aromatic carbocycles. The normalized spacial score (nSPS) is 15.1. The third-order valence-electron chi connectivity index (χ3n) is 7.78. The molecular weight excluding hydrogens is 600 g/mol. The zero-order valence-electron chi connectivity index (χ0n) is 26.2. The molecule has 2 aromatic rings. The SMILES string of the molecule is CC1=C(CNCC(=O)O)C(=O)C(C(C)C)=C/C1=C(\c1ccccc1S(=O)(=O)O)c1cc(C(C)C)c(O)c(CNCC(=O)O)c1C. The van der Waals surface area contributed by atoms with Gasteiger partial charge in [-0.15, -0.1) is 0 Å². The summed E-state index contributed by atoms with van der Waals surface area (Å²) in [7, 11) is -4.74. The summed E-state index contributed by atoms with van der Waals surface area (Å²) >= 11 is 0. The predicted molar refractivity (Wildman–Crippen MR) is 170 cm³/mol. The molecule has 0 fully saturated rings. The molecule has 0 heterocycles. The third-order valence-corrected chi connectivity index (χ3v) is 8.69. The van der Waals surface area contributed by atoms with E-state index >= 15 is 0 Å². The van der Waals surface area contributed by atoms with Crippen molar-refractivity contribution in [2.45, 2.75) is 58.9 Å². The van der Waals surface area contributed by atoms with Crippen molar-refractivity contribution in [2.75, 3.05) is 19.6 Å². The van der Waals surface area contributed by atoms with Crippen LogP contribution in [0, 0.1) is 12.8 Å². The Kier molecular flexibility index (Phi) is 11.3. The number of Topliss-reactive ketones (excluding diaryl/α,β-unsaturated/α-hetero) is 1. The lowest BCUT2D eigenvalue weighted by Crippen LogP contribution is -2.30. The largest absolute Gasteiger partial charge is 0.507 e. The summed E-state index contributed by atoms with van der Waals surface area (Å²) in [6.07, 6.45) is 1.70.